The number of H-pyrrole nitrogens is 1. The first kappa shape index (κ1) is 10.6. The average Bonchev–Trinajstić information content (AvgIpc) is 3.00. The molecule has 1 N–H and O–H groups in total. The lowest BCUT2D eigenvalue weighted by Crippen LogP contribution is -1.86. The summed E-state index contributed by atoms with van der Waals surface area (Å²) in [5, 5.41) is 12.4. The zero-order valence-corrected chi connectivity index (χ0v) is 10.7. The van der Waals surface area contributed by atoms with Gasteiger partial charge in [-0.1, -0.05) is 11.3 Å². The minimum absolute atomic E-state index is 0.331. The number of aromatic nitrogens is 5. The largest absolute Gasteiger partial charge is 0.282 e. The molecule has 0 aliphatic carbocycles. The Morgan fingerprint density at radius 3 is 3.11 bits per heavy atom. The summed E-state index contributed by atoms with van der Waals surface area (Å²) in [7, 11) is 1.77. The number of fused-ring (bicyclic) bond motifs is 2. The highest BCUT2D eigenvalue weighted by Crippen LogP contribution is 2.31. The van der Waals surface area contributed by atoms with Gasteiger partial charge < -0.3 is 0 Å². The van der Waals surface area contributed by atoms with E-state index in [-0.39, 0.29) is 5.82 Å². The van der Waals surface area contributed by atoms with E-state index in [9.17, 15) is 4.39 Å². The molecule has 0 amide bonds. The number of aryl methyl sites for hydroxylation is 1. The molecule has 0 saturated heterocycles. The molecule has 0 spiro atoms. The third-order valence-corrected chi connectivity index (χ3v) is 3.94. The van der Waals surface area contributed by atoms with Crippen LogP contribution in [0.3, 0.4) is 0 Å². The molecular formula is C12H8FN5S. The smallest absolute Gasteiger partial charge is 0.165 e. The van der Waals surface area contributed by atoms with Gasteiger partial charge in [0.2, 0.25) is 0 Å². The van der Waals surface area contributed by atoms with Crippen molar-refractivity contribution in [3.8, 4) is 10.6 Å². The molecule has 0 bridgehead atoms. The molecule has 0 atom stereocenters. The number of nitrogens with zero attached hydrogens (tertiary/aromatic N) is 4. The lowest BCUT2D eigenvalue weighted by atomic mass is 10.1. The lowest BCUT2D eigenvalue weighted by Gasteiger charge is -1.97. The highest BCUT2D eigenvalue weighted by Gasteiger charge is 2.12. The zero-order chi connectivity index (χ0) is 13.0. The predicted octanol–water partition coefficient (Wildman–Crippen LogP) is 2.71. The van der Waals surface area contributed by atoms with Crippen LogP contribution in [-0.2, 0) is 7.05 Å². The number of halogens is 1. The second kappa shape index (κ2) is 3.61. The van der Waals surface area contributed by atoms with Crippen molar-refractivity contribution in [2.45, 2.75) is 0 Å². The topological polar surface area (TPSA) is 59.4 Å². The molecule has 5 nitrogen and oxygen atoms in total. The van der Waals surface area contributed by atoms with Gasteiger partial charge in [-0.3, -0.25) is 9.78 Å². The Bertz CT molecular complexity index is 875. The van der Waals surface area contributed by atoms with Gasteiger partial charge in [-0.25, -0.2) is 9.37 Å². The Morgan fingerprint density at radius 1 is 1.37 bits per heavy atom. The molecule has 0 aliphatic heterocycles. The van der Waals surface area contributed by atoms with E-state index in [0.29, 0.717) is 5.52 Å². The van der Waals surface area contributed by atoms with E-state index in [2.05, 4.69) is 20.3 Å². The van der Waals surface area contributed by atoms with Crippen molar-refractivity contribution in [1.82, 2.24) is 25.0 Å². The molecule has 19 heavy (non-hydrogen) atoms. The van der Waals surface area contributed by atoms with Crippen molar-refractivity contribution in [2.24, 2.45) is 7.05 Å². The molecule has 94 valence electrons. The van der Waals surface area contributed by atoms with Crippen LogP contribution in [0.4, 0.5) is 4.39 Å². The fourth-order valence-electron chi connectivity index (χ4n) is 2.11. The van der Waals surface area contributed by atoms with Gasteiger partial charge in [-0.15, -0.1) is 0 Å². The molecule has 0 radical (unpaired) electrons. The molecule has 3 heterocycles. The Balaban J connectivity index is 1.97. The molecule has 0 saturated carbocycles. The van der Waals surface area contributed by atoms with Gasteiger partial charge in [0.05, 0.1) is 0 Å². The summed E-state index contributed by atoms with van der Waals surface area (Å²) in [5.74, 6) is -0.331. The summed E-state index contributed by atoms with van der Waals surface area (Å²) < 4.78 is 15.6. The van der Waals surface area contributed by atoms with Crippen LogP contribution in [-0.4, -0.2) is 25.0 Å². The quantitative estimate of drug-likeness (QED) is 0.580. The van der Waals surface area contributed by atoms with E-state index in [4.69, 9.17) is 0 Å². The van der Waals surface area contributed by atoms with E-state index in [0.717, 1.165) is 26.3 Å². The summed E-state index contributed by atoms with van der Waals surface area (Å²) >= 11 is 1.43. The maximum absolute atomic E-state index is 14.0. The van der Waals surface area contributed by atoms with Gasteiger partial charge in [0, 0.05) is 30.4 Å². The average molecular weight is 273 g/mol. The summed E-state index contributed by atoms with van der Waals surface area (Å²) in [5.41, 5.74) is 1.93. The van der Waals surface area contributed by atoms with E-state index in [1.807, 2.05) is 6.07 Å². The van der Waals surface area contributed by atoms with E-state index in [1.165, 1.54) is 17.4 Å². The summed E-state index contributed by atoms with van der Waals surface area (Å²) in [6.45, 7) is 0. The highest BCUT2D eigenvalue weighted by molar-refractivity contribution is 7.21. The van der Waals surface area contributed by atoms with Gasteiger partial charge in [0.15, 0.2) is 10.6 Å². The lowest BCUT2D eigenvalue weighted by molar-refractivity contribution is 0.633. The number of rotatable bonds is 1. The maximum atomic E-state index is 14.0. The van der Waals surface area contributed by atoms with E-state index < -0.39 is 0 Å². The van der Waals surface area contributed by atoms with Crippen LogP contribution < -0.4 is 0 Å². The number of aromatic amines is 1. The molecule has 4 aromatic rings. The number of nitrogens with one attached hydrogen (secondary N) is 1. The molecular weight excluding hydrogens is 265 g/mol. The first-order chi connectivity index (χ1) is 9.20. The molecule has 0 aliphatic rings. The number of hydrogen-bond acceptors (Lipinski definition) is 4. The highest BCUT2D eigenvalue weighted by atomic mass is 32.1. The van der Waals surface area contributed by atoms with Crippen LogP contribution in [0.5, 0.6) is 0 Å². The SMILES string of the molecule is Cn1cc2cc(-c3nc4c[nH]nc4s3)cc(F)c2n1. The van der Waals surface area contributed by atoms with Crippen LogP contribution in [0.15, 0.2) is 24.5 Å². The first-order valence-electron chi connectivity index (χ1n) is 5.64. The molecule has 0 fully saturated rings. The molecule has 3 aromatic heterocycles. The van der Waals surface area contributed by atoms with Gasteiger partial charge >= 0.3 is 0 Å². The first-order valence-corrected chi connectivity index (χ1v) is 6.46. The Hall–Kier alpha value is -2.28. The normalized spacial score (nSPS) is 11.7. The third kappa shape index (κ3) is 1.55. The number of hydrogen-bond donors (Lipinski definition) is 1. The van der Waals surface area contributed by atoms with Gasteiger partial charge in [0.25, 0.3) is 0 Å². The number of benzene rings is 1. The monoisotopic (exact) mass is 273 g/mol. The Morgan fingerprint density at radius 2 is 2.26 bits per heavy atom. The zero-order valence-electron chi connectivity index (χ0n) is 9.88. The van der Waals surface area contributed by atoms with Crippen LogP contribution in [0, 0.1) is 5.82 Å². The van der Waals surface area contributed by atoms with Gasteiger partial charge in [-0.05, 0) is 12.1 Å². The second-order valence-electron chi connectivity index (χ2n) is 4.29. The molecule has 4 rings (SSSR count). The van der Waals surface area contributed by atoms with Crippen LogP contribution in [0.1, 0.15) is 0 Å². The van der Waals surface area contributed by atoms with E-state index in [1.54, 1.807) is 24.1 Å². The van der Waals surface area contributed by atoms with Crippen LogP contribution in [0.2, 0.25) is 0 Å². The third-order valence-electron chi connectivity index (χ3n) is 2.93. The molecule has 7 heteroatoms. The van der Waals surface area contributed by atoms with Crippen molar-refractivity contribution in [3.63, 3.8) is 0 Å². The minimum Gasteiger partial charge on any atom is -0.282 e. The predicted molar refractivity (Wildman–Crippen MR) is 71.4 cm³/mol. The van der Waals surface area contributed by atoms with Gasteiger partial charge in [0.1, 0.15) is 16.0 Å². The summed E-state index contributed by atoms with van der Waals surface area (Å²) in [6.07, 6.45) is 3.52. The van der Waals surface area contributed by atoms with Crippen molar-refractivity contribution >= 4 is 32.6 Å². The fourth-order valence-corrected chi connectivity index (χ4v) is 2.98. The fraction of sp³-hybridized carbons (Fsp3) is 0.0833. The number of thiazole rings is 1. The molecule has 1 aromatic carbocycles. The second-order valence-corrected chi connectivity index (χ2v) is 5.27. The summed E-state index contributed by atoms with van der Waals surface area (Å²) in [4.78, 5) is 5.25. The van der Waals surface area contributed by atoms with Crippen molar-refractivity contribution in [1.29, 1.82) is 0 Å². The summed E-state index contributed by atoms with van der Waals surface area (Å²) in [6, 6.07) is 3.36. The van der Waals surface area contributed by atoms with E-state index >= 15 is 0 Å². The van der Waals surface area contributed by atoms with Crippen molar-refractivity contribution in [2.75, 3.05) is 0 Å². The Labute approximate surface area is 110 Å². The minimum atomic E-state index is -0.331. The maximum Gasteiger partial charge on any atom is 0.165 e. The van der Waals surface area contributed by atoms with Crippen molar-refractivity contribution < 1.29 is 4.39 Å². The standard InChI is InChI=1S/C12H8FN5S/c1-18-5-7-2-6(3-8(13)10(7)17-18)11-15-9-4-14-16-12(9)19-11/h2-5H,1H3,(H,14,16). The Kier molecular flexibility index (Phi) is 2.02. The van der Waals surface area contributed by atoms with Crippen LogP contribution in [0.25, 0.3) is 31.8 Å². The molecule has 0 unspecified atom stereocenters. The van der Waals surface area contributed by atoms with Crippen LogP contribution >= 0.6 is 11.3 Å². The van der Waals surface area contributed by atoms with Gasteiger partial charge in [-0.2, -0.15) is 10.2 Å². The van der Waals surface area contributed by atoms with Crippen molar-refractivity contribution in [3.05, 3.63) is 30.3 Å².